The zero-order valence-corrected chi connectivity index (χ0v) is 8.92. The van der Waals surface area contributed by atoms with Crippen molar-refractivity contribution in [3.8, 4) is 0 Å². The molecule has 1 aliphatic rings. The zero-order chi connectivity index (χ0) is 11.7. The third-order valence-corrected chi connectivity index (χ3v) is 2.78. The third kappa shape index (κ3) is 1.81. The summed E-state index contributed by atoms with van der Waals surface area (Å²) >= 11 is 0. The molecule has 3 atom stereocenters. The Balaban J connectivity index is 2.34. The monoisotopic (exact) mass is 226 g/mol. The van der Waals surface area contributed by atoms with E-state index in [1.54, 1.807) is 0 Å². The lowest BCUT2D eigenvalue weighted by Gasteiger charge is -2.13. The fourth-order valence-corrected chi connectivity index (χ4v) is 1.95. The SMILES string of the molecule is CC[C@H]1O[C@H](n2c(=O)cc[nH]c2=O)C[C@H]1O. The van der Waals surface area contributed by atoms with Crippen LogP contribution in [-0.4, -0.2) is 26.9 Å². The largest absolute Gasteiger partial charge is 0.390 e. The second-order valence-corrected chi connectivity index (χ2v) is 3.83. The molecule has 0 aliphatic carbocycles. The van der Waals surface area contributed by atoms with Gasteiger partial charge in [-0.05, 0) is 6.42 Å². The number of aliphatic hydroxyl groups is 1. The molecule has 1 fully saturated rings. The van der Waals surface area contributed by atoms with E-state index in [9.17, 15) is 14.7 Å². The smallest absolute Gasteiger partial charge is 0.330 e. The normalized spacial score (nSPS) is 29.5. The molecule has 6 heteroatoms. The Kier molecular flexibility index (Phi) is 2.93. The van der Waals surface area contributed by atoms with E-state index in [4.69, 9.17) is 4.74 Å². The summed E-state index contributed by atoms with van der Waals surface area (Å²) in [7, 11) is 0. The maximum atomic E-state index is 11.5. The van der Waals surface area contributed by atoms with Gasteiger partial charge in [-0.1, -0.05) is 6.92 Å². The van der Waals surface area contributed by atoms with Gasteiger partial charge in [-0.2, -0.15) is 0 Å². The minimum absolute atomic E-state index is 0.269. The van der Waals surface area contributed by atoms with Gasteiger partial charge in [0.2, 0.25) is 0 Å². The molecule has 0 radical (unpaired) electrons. The Labute approximate surface area is 91.5 Å². The number of ether oxygens (including phenoxy) is 1. The van der Waals surface area contributed by atoms with E-state index in [-0.39, 0.29) is 12.5 Å². The molecular weight excluding hydrogens is 212 g/mol. The van der Waals surface area contributed by atoms with Gasteiger partial charge in [-0.15, -0.1) is 0 Å². The number of H-pyrrole nitrogens is 1. The van der Waals surface area contributed by atoms with Gasteiger partial charge in [0.25, 0.3) is 5.56 Å². The molecule has 0 aromatic carbocycles. The lowest BCUT2D eigenvalue weighted by atomic mass is 10.1. The highest BCUT2D eigenvalue weighted by Crippen LogP contribution is 2.28. The van der Waals surface area contributed by atoms with E-state index in [2.05, 4.69) is 4.98 Å². The van der Waals surface area contributed by atoms with E-state index in [1.165, 1.54) is 12.3 Å². The minimum atomic E-state index is -0.669. The van der Waals surface area contributed by atoms with Crippen molar-refractivity contribution in [3.05, 3.63) is 33.1 Å². The van der Waals surface area contributed by atoms with Crippen molar-refractivity contribution in [2.24, 2.45) is 0 Å². The summed E-state index contributed by atoms with van der Waals surface area (Å²) in [4.78, 5) is 25.4. The van der Waals surface area contributed by atoms with Crippen LogP contribution in [0.4, 0.5) is 0 Å². The van der Waals surface area contributed by atoms with Crippen LogP contribution < -0.4 is 11.2 Å². The van der Waals surface area contributed by atoms with Crippen LogP contribution in [0.2, 0.25) is 0 Å². The predicted octanol–water partition coefficient (Wildman–Crippen LogP) is -0.405. The van der Waals surface area contributed by atoms with Crippen LogP contribution >= 0.6 is 0 Å². The number of aromatic amines is 1. The summed E-state index contributed by atoms with van der Waals surface area (Å²) in [6.45, 7) is 1.88. The highest BCUT2D eigenvalue weighted by atomic mass is 16.5. The number of aromatic nitrogens is 2. The first-order chi connectivity index (χ1) is 7.63. The van der Waals surface area contributed by atoms with Crippen LogP contribution in [-0.2, 0) is 4.74 Å². The van der Waals surface area contributed by atoms with E-state index >= 15 is 0 Å². The van der Waals surface area contributed by atoms with Crippen LogP contribution in [0.15, 0.2) is 21.9 Å². The average Bonchev–Trinajstić information content (AvgIpc) is 2.59. The number of hydrogen-bond acceptors (Lipinski definition) is 4. The van der Waals surface area contributed by atoms with Crippen molar-refractivity contribution in [2.45, 2.75) is 38.2 Å². The lowest BCUT2D eigenvalue weighted by molar-refractivity contribution is -0.0230. The van der Waals surface area contributed by atoms with Gasteiger partial charge >= 0.3 is 5.69 Å². The van der Waals surface area contributed by atoms with Crippen LogP contribution in [0.1, 0.15) is 26.0 Å². The van der Waals surface area contributed by atoms with E-state index in [0.29, 0.717) is 6.42 Å². The second-order valence-electron chi connectivity index (χ2n) is 3.83. The summed E-state index contributed by atoms with van der Waals surface area (Å²) < 4.78 is 6.46. The van der Waals surface area contributed by atoms with E-state index < -0.39 is 23.6 Å². The molecule has 1 aromatic rings. The van der Waals surface area contributed by atoms with Crippen molar-refractivity contribution < 1.29 is 9.84 Å². The maximum Gasteiger partial charge on any atom is 0.330 e. The summed E-state index contributed by atoms with van der Waals surface area (Å²) in [5.41, 5.74) is -0.931. The highest BCUT2D eigenvalue weighted by molar-refractivity contribution is 4.88. The average molecular weight is 226 g/mol. The fraction of sp³-hybridized carbons (Fsp3) is 0.600. The molecule has 1 saturated heterocycles. The quantitative estimate of drug-likeness (QED) is 0.718. The summed E-state index contributed by atoms with van der Waals surface area (Å²) in [5, 5.41) is 9.65. The van der Waals surface area contributed by atoms with Gasteiger partial charge in [0.05, 0.1) is 12.2 Å². The first-order valence-corrected chi connectivity index (χ1v) is 5.27. The third-order valence-electron chi connectivity index (χ3n) is 2.78. The van der Waals surface area contributed by atoms with E-state index in [0.717, 1.165) is 4.57 Å². The maximum absolute atomic E-state index is 11.5. The van der Waals surface area contributed by atoms with Crippen LogP contribution in [0.25, 0.3) is 0 Å². The number of aliphatic hydroxyl groups excluding tert-OH is 1. The molecule has 16 heavy (non-hydrogen) atoms. The molecule has 2 N–H and O–H groups in total. The standard InChI is InChI=1S/C10H14N2O4/c1-2-7-6(13)5-9(16-7)12-8(14)3-4-11-10(12)15/h3-4,6-7,9,13H,2,5H2,1H3,(H,11,15)/t6-,7-,9+/m1/s1. The lowest BCUT2D eigenvalue weighted by Crippen LogP contribution is -2.37. The van der Waals surface area contributed by atoms with Gasteiger partial charge in [-0.25, -0.2) is 9.36 Å². The second kappa shape index (κ2) is 4.23. The Bertz CT molecular complexity index is 450. The molecule has 6 nitrogen and oxygen atoms in total. The summed E-state index contributed by atoms with van der Waals surface area (Å²) in [5.74, 6) is 0. The molecule has 1 aromatic heterocycles. The van der Waals surface area contributed by atoms with Gasteiger partial charge in [0.1, 0.15) is 6.23 Å². The summed E-state index contributed by atoms with van der Waals surface area (Å²) in [6, 6.07) is 1.26. The van der Waals surface area contributed by atoms with E-state index in [1.807, 2.05) is 6.92 Å². The van der Waals surface area contributed by atoms with Crippen molar-refractivity contribution in [1.29, 1.82) is 0 Å². The number of nitrogens with one attached hydrogen (secondary N) is 1. The van der Waals surface area contributed by atoms with Gasteiger partial charge < -0.3 is 14.8 Å². The summed E-state index contributed by atoms with van der Waals surface area (Å²) in [6.07, 6.45) is 0.613. The van der Waals surface area contributed by atoms with Crippen LogP contribution in [0, 0.1) is 0 Å². The molecular formula is C10H14N2O4. The van der Waals surface area contributed by atoms with Crippen molar-refractivity contribution in [3.63, 3.8) is 0 Å². The highest BCUT2D eigenvalue weighted by Gasteiger charge is 2.34. The molecule has 0 unspecified atom stereocenters. The Morgan fingerprint density at radius 3 is 2.94 bits per heavy atom. The van der Waals surface area contributed by atoms with Gasteiger partial charge in [0, 0.05) is 18.7 Å². The minimum Gasteiger partial charge on any atom is -0.390 e. The molecule has 2 rings (SSSR count). The number of rotatable bonds is 2. The van der Waals surface area contributed by atoms with Gasteiger partial charge in [-0.3, -0.25) is 4.79 Å². The molecule has 0 saturated carbocycles. The zero-order valence-electron chi connectivity index (χ0n) is 8.92. The fourth-order valence-electron chi connectivity index (χ4n) is 1.95. The first kappa shape index (κ1) is 11.1. The topological polar surface area (TPSA) is 84.3 Å². The van der Waals surface area contributed by atoms with Crippen LogP contribution in [0.5, 0.6) is 0 Å². The van der Waals surface area contributed by atoms with Gasteiger partial charge in [0.15, 0.2) is 0 Å². The molecule has 1 aliphatic heterocycles. The molecule has 0 amide bonds. The Hall–Kier alpha value is -1.40. The van der Waals surface area contributed by atoms with Crippen molar-refractivity contribution in [2.75, 3.05) is 0 Å². The van der Waals surface area contributed by atoms with Crippen molar-refractivity contribution >= 4 is 0 Å². The Morgan fingerprint density at radius 2 is 2.38 bits per heavy atom. The first-order valence-electron chi connectivity index (χ1n) is 5.27. The van der Waals surface area contributed by atoms with Crippen LogP contribution in [0.3, 0.4) is 0 Å². The number of hydrogen-bond donors (Lipinski definition) is 2. The molecule has 2 heterocycles. The molecule has 0 bridgehead atoms. The molecule has 88 valence electrons. The Morgan fingerprint density at radius 1 is 1.62 bits per heavy atom. The van der Waals surface area contributed by atoms with Crippen molar-refractivity contribution in [1.82, 2.24) is 9.55 Å². The molecule has 0 spiro atoms. The number of nitrogens with zero attached hydrogens (tertiary/aromatic N) is 1. The predicted molar refractivity (Wildman–Crippen MR) is 56.1 cm³/mol.